The number of hydrogen-bond donors (Lipinski definition) is 1. The summed E-state index contributed by atoms with van der Waals surface area (Å²) >= 11 is 1.68. The third kappa shape index (κ3) is 2.59. The molecule has 1 saturated heterocycles. The van der Waals surface area contributed by atoms with E-state index in [1.54, 1.807) is 17.5 Å². The maximum Gasteiger partial charge on any atom is 0.262 e. The third-order valence-corrected chi connectivity index (χ3v) is 6.45. The van der Waals surface area contributed by atoms with Gasteiger partial charge in [-0.3, -0.25) is 4.79 Å². The fraction of sp³-hybridized carbons (Fsp3) is 0.556. The molecule has 136 valence electrons. The predicted molar refractivity (Wildman–Crippen MR) is 98.8 cm³/mol. The Morgan fingerprint density at radius 1 is 1.19 bits per heavy atom. The summed E-state index contributed by atoms with van der Waals surface area (Å²) in [5.41, 5.74) is 1.74. The topological polar surface area (TPSA) is 85.7 Å². The van der Waals surface area contributed by atoms with Gasteiger partial charge in [-0.2, -0.15) is 5.10 Å². The van der Waals surface area contributed by atoms with Crippen LogP contribution < -0.4 is 5.56 Å². The highest BCUT2D eigenvalue weighted by atomic mass is 32.1. The van der Waals surface area contributed by atoms with Crippen LogP contribution in [0.1, 0.15) is 60.1 Å². The number of thiazole rings is 1. The van der Waals surface area contributed by atoms with Crippen molar-refractivity contribution in [2.75, 3.05) is 13.2 Å². The van der Waals surface area contributed by atoms with Crippen molar-refractivity contribution < 1.29 is 4.74 Å². The fourth-order valence-corrected chi connectivity index (χ4v) is 4.73. The molecule has 0 aromatic carbocycles. The van der Waals surface area contributed by atoms with Crippen molar-refractivity contribution in [3.05, 3.63) is 38.5 Å². The van der Waals surface area contributed by atoms with Crippen molar-refractivity contribution in [2.45, 2.75) is 50.5 Å². The second-order valence-electron chi connectivity index (χ2n) is 7.20. The summed E-state index contributed by atoms with van der Waals surface area (Å²) in [7, 11) is 0. The Morgan fingerprint density at radius 2 is 2.00 bits per heavy atom. The van der Waals surface area contributed by atoms with Gasteiger partial charge in [0.25, 0.3) is 5.56 Å². The zero-order valence-electron chi connectivity index (χ0n) is 14.6. The molecule has 7 nitrogen and oxygen atoms in total. The Kier molecular flexibility index (Phi) is 3.90. The molecule has 3 aromatic rings. The summed E-state index contributed by atoms with van der Waals surface area (Å²) < 4.78 is 7.38. The molecule has 2 unspecified atom stereocenters. The van der Waals surface area contributed by atoms with Crippen molar-refractivity contribution in [1.29, 1.82) is 0 Å². The molecule has 8 heteroatoms. The number of aryl methyl sites for hydroxylation is 1. The van der Waals surface area contributed by atoms with Crippen molar-refractivity contribution >= 4 is 22.4 Å². The molecule has 0 spiro atoms. The number of nitrogens with one attached hydrogen (secondary N) is 1. The molecule has 1 N–H and O–H groups in total. The van der Waals surface area contributed by atoms with E-state index < -0.39 is 0 Å². The summed E-state index contributed by atoms with van der Waals surface area (Å²) in [6.07, 6.45) is 5.58. The van der Waals surface area contributed by atoms with E-state index in [2.05, 4.69) is 20.4 Å². The molecule has 0 radical (unpaired) electrons. The minimum atomic E-state index is -0.0941. The van der Waals surface area contributed by atoms with Crippen LogP contribution in [0.15, 0.2) is 16.4 Å². The number of aromatic nitrogens is 5. The van der Waals surface area contributed by atoms with Crippen LogP contribution in [0.5, 0.6) is 0 Å². The Bertz CT molecular complexity index is 1000. The molecule has 0 bridgehead atoms. The number of aromatic amines is 1. The highest BCUT2D eigenvalue weighted by Crippen LogP contribution is 2.47. The average Bonchev–Trinajstić information content (AvgIpc) is 3.21. The van der Waals surface area contributed by atoms with E-state index in [0.29, 0.717) is 17.0 Å². The van der Waals surface area contributed by atoms with Gasteiger partial charge in [-0.05, 0) is 32.6 Å². The van der Waals surface area contributed by atoms with E-state index in [-0.39, 0.29) is 17.5 Å². The predicted octanol–water partition coefficient (Wildman–Crippen LogP) is 2.90. The van der Waals surface area contributed by atoms with Gasteiger partial charge >= 0.3 is 0 Å². The number of H-pyrrole nitrogens is 1. The van der Waals surface area contributed by atoms with E-state index in [9.17, 15) is 4.79 Å². The van der Waals surface area contributed by atoms with Gasteiger partial charge in [0.15, 0.2) is 5.65 Å². The molecule has 0 amide bonds. The second-order valence-corrected chi connectivity index (χ2v) is 8.27. The lowest BCUT2D eigenvalue weighted by Gasteiger charge is -2.34. The second kappa shape index (κ2) is 6.28. The third-order valence-electron chi connectivity index (χ3n) is 5.66. The standard InChI is InChI=1S/C18H21N5O2S/c1-10-20-15(9-26-10)12-2-3-13(12)16-21-17-14(18(24)22-16)8-19-23(17)11-4-6-25-7-5-11/h8-9,11-13H,2-7H2,1H3,(H,21,22,24). The van der Waals surface area contributed by atoms with E-state index in [1.165, 1.54) is 0 Å². The zero-order chi connectivity index (χ0) is 17.7. The number of hydrogen-bond acceptors (Lipinski definition) is 6. The van der Waals surface area contributed by atoms with Gasteiger partial charge < -0.3 is 9.72 Å². The van der Waals surface area contributed by atoms with Crippen LogP contribution in [0.3, 0.4) is 0 Å². The number of fused-ring (bicyclic) bond motifs is 1. The minimum absolute atomic E-state index is 0.0941. The molecule has 4 heterocycles. The normalized spacial score (nSPS) is 24.0. The highest BCUT2D eigenvalue weighted by molar-refractivity contribution is 7.09. The smallest absolute Gasteiger partial charge is 0.262 e. The van der Waals surface area contributed by atoms with Gasteiger partial charge in [0.1, 0.15) is 11.2 Å². The molecule has 2 aliphatic rings. The van der Waals surface area contributed by atoms with Gasteiger partial charge in [-0.25, -0.2) is 14.6 Å². The van der Waals surface area contributed by atoms with E-state index >= 15 is 0 Å². The molecule has 26 heavy (non-hydrogen) atoms. The van der Waals surface area contributed by atoms with E-state index in [0.717, 1.165) is 55.4 Å². The number of rotatable bonds is 3. The maximum absolute atomic E-state index is 12.6. The lowest BCUT2D eigenvalue weighted by Crippen LogP contribution is -2.27. The first kappa shape index (κ1) is 16.1. The van der Waals surface area contributed by atoms with Gasteiger partial charge in [0.05, 0.1) is 22.9 Å². The monoisotopic (exact) mass is 371 g/mol. The molecule has 2 atom stereocenters. The Morgan fingerprint density at radius 3 is 2.69 bits per heavy atom. The van der Waals surface area contributed by atoms with Crippen LogP contribution in [0.4, 0.5) is 0 Å². The first-order valence-corrected chi connectivity index (χ1v) is 10.1. The van der Waals surface area contributed by atoms with Crippen molar-refractivity contribution in [1.82, 2.24) is 24.7 Å². The lowest BCUT2D eigenvalue weighted by atomic mass is 9.71. The average molecular weight is 371 g/mol. The SMILES string of the molecule is Cc1nc(C2CCC2c2nc3c(cnn3C3CCOCC3)c(=O)[nH]2)cs1. The molecule has 2 fully saturated rings. The molecule has 1 aliphatic heterocycles. The van der Waals surface area contributed by atoms with Crippen LogP contribution in [0.2, 0.25) is 0 Å². The molecular weight excluding hydrogens is 350 g/mol. The number of nitrogens with zero attached hydrogens (tertiary/aromatic N) is 4. The molecule has 3 aromatic heterocycles. The van der Waals surface area contributed by atoms with Crippen molar-refractivity contribution in [2.24, 2.45) is 0 Å². The van der Waals surface area contributed by atoms with Crippen LogP contribution in [0.25, 0.3) is 11.0 Å². The largest absolute Gasteiger partial charge is 0.381 e. The lowest BCUT2D eigenvalue weighted by molar-refractivity contribution is 0.0673. The Hall–Kier alpha value is -2.06. The van der Waals surface area contributed by atoms with Gasteiger partial charge in [-0.1, -0.05) is 0 Å². The summed E-state index contributed by atoms with van der Waals surface area (Å²) in [6.45, 7) is 3.49. The first-order valence-electron chi connectivity index (χ1n) is 9.18. The summed E-state index contributed by atoms with van der Waals surface area (Å²) in [5, 5.41) is 8.26. The van der Waals surface area contributed by atoms with E-state index in [1.807, 2.05) is 11.6 Å². The number of ether oxygens (including phenoxy) is 1. The maximum atomic E-state index is 12.6. The van der Waals surface area contributed by atoms with Crippen LogP contribution in [0, 0.1) is 6.92 Å². The molecule has 1 aliphatic carbocycles. The zero-order valence-corrected chi connectivity index (χ0v) is 15.5. The first-order chi connectivity index (χ1) is 12.7. The Balaban J connectivity index is 1.53. The summed E-state index contributed by atoms with van der Waals surface area (Å²) in [6, 6.07) is 0.252. The van der Waals surface area contributed by atoms with Crippen molar-refractivity contribution in [3.8, 4) is 0 Å². The van der Waals surface area contributed by atoms with Crippen LogP contribution in [-0.2, 0) is 4.74 Å². The highest BCUT2D eigenvalue weighted by Gasteiger charge is 2.37. The minimum Gasteiger partial charge on any atom is -0.381 e. The van der Waals surface area contributed by atoms with Crippen molar-refractivity contribution in [3.63, 3.8) is 0 Å². The van der Waals surface area contributed by atoms with Crippen LogP contribution in [-0.4, -0.2) is 37.9 Å². The van der Waals surface area contributed by atoms with E-state index in [4.69, 9.17) is 9.72 Å². The molecular formula is C18H21N5O2S. The quantitative estimate of drug-likeness (QED) is 0.765. The van der Waals surface area contributed by atoms with Gasteiger partial charge in [0, 0.05) is 30.4 Å². The molecule has 1 saturated carbocycles. The Labute approximate surface area is 154 Å². The van der Waals surface area contributed by atoms with Crippen LogP contribution >= 0.6 is 11.3 Å². The summed E-state index contributed by atoms with van der Waals surface area (Å²) in [4.78, 5) is 25.1. The molecule has 5 rings (SSSR count). The summed E-state index contributed by atoms with van der Waals surface area (Å²) in [5.74, 6) is 1.35. The van der Waals surface area contributed by atoms with Gasteiger partial charge in [0.2, 0.25) is 0 Å². The van der Waals surface area contributed by atoms with Gasteiger partial charge in [-0.15, -0.1) is 11.3 Å². The fourth-order valence-electron chi connectivity index (χ4n) is 4.06.